The summed E-state index contributed by atoms with van der Waals surface area (Å²) in [6.07, 6.45) is 1.85. The van der Waals surface area contributed by atoms with Gasteiger partial charge in [-0.05, 0) is 41.5 Å². The fraction of sp³-hybridized carbons (Fsp3) is 0.100. The summed E-state index contributed by atoms with van der Waals surface area (Å²) < 4.78 is 0. The Morgan fingerprint density at radius 1 is 0.958 bits per heavy atom. The van der Waals surface area contributed by atoms with Crippen molar-refractivity contribution in [2.24, 2.45) is 0 Å². The van der Waals surface area contributed by atoms with E-state index >= 15 is 0 Å². The molecule has 118 valence electrons. The summed E-state index contributed by atoms with van der Waals surface area (Å²) in [5, 5.41) is 21.6. The van der Waals surface area contributed by atoms with Gasteiger partial charge in [0.2, 0.25) is 0 Å². The van der Waals surface area contributed by atoms with Crippen LogP contribution in [0.15, 0.2) is 66.9 Å². The van der Waals surface area contributed by atoms with Gasteiger partial charge in [-0.15, -0.1) is 0 Å². The molecule has 4 nitrogen and oxygen atoms in total. The highest BCUT2D eigenvalue weighted by molar-refractivity contribution is 5.60. The SMILES string of the molecule is N#Cc1ccc(-c2ccc(CNCc3cccc(O)c3)cn2)cc1. The van der Waals surface area contributed by atoms with Crippen molar-refractivity contribution in [3.63, 3.8) is 0 Å². The summed E-state index contributed by atoms with van der Waals surface area (Å²) in [7, 11) is 0. The molecule has 0 aliphatic rings. The molecule has 1 heterocycles. The summed E-state index contributed by atoms with van der Waals surface area (Å²) in [6, 6.07) is 20.7. The van der Waals surface area contributed by atoms with Crippen LogP contribution in [0.25, 0.3) is 11.3 Å². The van der Waals surface area contributed by atoms with E-state index in [1.54, 1.807) is 24.3 Å². The fourth-order valence-corrected chi connectivity index (χ4v) is 2.43. The van der Waals surface area contributed by atoms with Crippen LogP contribution in [-0.4, -0.2) is 10.1 Å². The molecule has 24 heavy (non-hydrogen) atoms. The van der Waals surface area contributed by atoms with Crippen molar-refractivity contribution in [1.29, 1.82) is 5.26 Å². The first-order valence-corrected chi connectivity index (χ1v) is 7.69. The Balaban J connectivity index is 1.59. The normalized spacial score (nSPS) is 10.3. The number of benzene rings is 2. The number of phenolic OH excluding ortho intramolecular Hbond substituents is 1. The van der Waals surface area contributed by atoms with E-state index in [-0.39, 0.29) is 5.75 Å². The monoisotopic (exact) mass is 315 g/mol. The van der Waals surface area contributed by atoms with Crippen LogP contribution in [0.2, 0.25) is 0 Å². The van der Waals surface area contributed by atoms with Gasteiger partial charge in [-0.2, -0.15) is 5.26 Å². The minimum Gasteiger partial charge on any atom is -0.508 e. The minimum absolute atomic E-state index is 0.280. The molecule has 2 aromatic carbocycles. The molecule has 3 rings (SSSR count). The number of nitrogens with zero attached hydrogens (tertiary/aromatic N) is 2. The van der Waals surface area contributed by atoms with Crippen molar-refractivity contribution in [3.05, 3.63) is 83.6 Å². The molecule has 3 aromatic rings. The van der Waals surface area contributed by atoms with Gasteiger partial charge in [-0.25, -0.2) is 0 Å². The highest BCUT2D eigenvalue weighted by Crippen LogP contribution is 2.17. The molecule has 0 atom stereocenters. The maximum atomic E-state index is 9.45. The Morgan fingerprint density at radius 2 is 1.75 bits per heavy atom. The van der Waals surface area contributed by atoms with Crippen molar-refractivity contribution in [3.8, 4) is 23.1 Å². The number of nitrogens with one attached hydrogen (secondary N) is 1. The largest absolute Gasteiger partial charge is 0.508 e. The van der Waals surface area contributed by atoms with Crippen molar-refractivity contribution in [2.75, 3.05) is 0 Å². The molecule has 0 fully saturated rings. The zero-order valence-corrected chi connectivity index (χ0v) is 13.1. The fourth-order valence-electron chi connectivity index (χ4n) is 2.43. The molecule has 0 unspecified atom stereocenters. The zero-order valence-electron chi connectivity index (χ0n) is 13.1. The standard InChI is InChI=1S/C20H17N3O/c21-11-15-4-7-18(8-5-15)20-9-6-17(14-23-20)13-22-12-16-2-1-3-19(24)10-16/h1-10,14,22,24H,12-13H2. The molecule has 0 saturated heterocycles. The molecular formula is C20H17N3O. The number of rotatable bonds is 5. The second-order valence-electron chi connectivity index (χ2n) is 5.51. The number of aromatic nitrogens is 1. The third-order valence-electron chi connectivity index (χ3n) is 3.70. The van der Waals surface area contributed by atoms with Crippen molar-refractivity contribution < 1.29 is 5.11 Å². The van der Waals surface area contributed by atoms with E-state index in [9.17, 15) is 5.11 Å². The van der Waals surface area contributed by atoms with E-state index in [1.807, 2.05) is 42.6 Å². The van der Waals surface area contributed by atoms with Crippen molar-refractivity contribution in [2.45, 2.75) is 13.1 Å². The van der Waals surface area contributed by atoms with Crippen molar-refractivity contribution >= 4 is 0 Å². The first-order chi connectivity index (χ1) is 11.7. The lowest BCUT2D eigenvalue weighted by Crippen LogP contribution is -2.12. The predicted octanol–water partition coefficient (Wildman–Crippen LogP) is 3.62. The van der Waals surface area contributed by atoms with Crippen LogP contribution < -0.4 is 5.32 Å². The van der Waals surface area contributed by atoms with E-state index in [0.717, 1.165) is 22.4 Å². The number of phenols is 1. The van der Waals surface area contributed by atoms with Gasteiger partial charge >= 0.3 is 0 Å². The van der Waals surface area contributed by atoms with Crippen LogP contribution in [0, 0.1) is 11.3 Å². The Morgan fingerprint density at radius 3 is 2.42 bits per heavy atom. The lowest BCUT2D eigenvalue weighted by molar-refractivity contribution is 0.474. The highest BCUT2D eigenvalue weighted by Gasteiger charge is 2.01. The van der Waals surface area contributed by atoms with E-state index in [4.69, 9.17) is 5.26 Å². The third-order valence-corrected chi connectivity index (χ3v) is 3.70. The molecule has 4 heteroatoms. The second-order valence-corrected chi connectivity index (χ2v) is 5.51. The van der Waals surface area contributed by atoms with Gasteiger partial charge in [0.1, 0.15) is 5.75 Å². The van der Waals surface area contributed by atoms with Gasteiger partial charge in [0, 0.05) is 24.8 Å². The number of nitriles is 1. The quantitative estimate of drug-likeness (QED) is 0.754. The smallest absolute Gasteiger partial charge is 0.115 e. The number of aromatic hydroxyl groups is 1. The average Bonchev–Trinajstić information content (AvgIpc) is 2.63. The van der Waals surface area contributed by atoms with E-state index in [1.165, 1.54) is 0 Å². The van der Waals surface area contributed by atoms with Gasteiger partial charge < -0.3 is 10.4 Å². The summed E-state index contributed by atoms with van der Waals surface area (Å²) in [5.41, 5.74) is 4.65. The molecule has 0 aliphatic carbocycles. The van der Waals surface area contributed by atoms with Crippen LogP contribution in [-0.2, 0) is 13.1 Å². The molecule has 1 aromatic heterocycles. The molecule has 0 bridgehead atoms. The molecule has 2 N–H and O–H groups in total. The Labute approximate surface area is 141 Å². The van der Waals surface area contributed by atoms with Crippen molar-refractivity contribution in [1.82, 2.24) is 10.3 Å². The molecule has 0 spiro atoms. The average molecular weight is 315 g/mol. The minimum atomic E-state index is 0.280. The van der Waals surface area contributed by atoms with Crippen LogP contribution in [0.1, 0.15) is 16.7 Å². The molecular weight excluding hydrogens is 298 g/mol. The van der Waals surface area contributed by atoms with E-state index < -0.39 is 0 Å². The summed E-state index contributed by atoms with van der Waals surface area (Å²) >= 11 is 0. The van der Waals surface area contributed by atoms with E-state index in [2.05, 4.69) is 16.4 Å². The maximum Gasteiger partial charge on any atom is 0.115 e. The summed E-state index contributed by atoms with van der Waals surface area (Å²) in [4.78, 5) is 4.48. The number of hydrogen-bond acceptors (Lipinski definition) is 4. The predicted molar refractivity (Wildman–Crippen MR) is 93.0 cm³/mol. The third kappa shape index (κ3) is 3.97. The number of pyridine rings is 1. The molecule has 0 saturated carbocycles. The second kappa shape index (κ2) is 7.40. The lowest BCUT2D eigenvalue weighted by Gasteiger charge is -2.07. The maximum absolute atomic E-state index is 9.45. The van der Waals surface area contributed by atoms with Gasteiger partial charge in [0.05, 0.1) is 17.3 Å². The molecule has 0 amide bonds. The van der Waals surface area contributed by atoms with Gasteiger partial charge in [-0.3, -0.25) is 4.98 Å². The van der Waals surface area contributed by atoms with Gasteiger partial charge in [0.25, 0.3) is 0 Å². The topological polar surface area (TPSA) is 68.9 Å². The molecule has 0 aliphatic heterocycles. The Kier molecular flexibility index (Phi) is 4.85. The first kappa shape index (κ1) is 15.7. The Bertz CT molecular complexity index is 849. The first-order valence-electron chi connectivity index (χ1n) is 7.69. The van der Waals surface area contributed by atoms with Crippen LogP contribution >= 0.6 is 0 Å². The lowest BCUT2D eigenvalue weighted by atomic mass is 10.1. The zero-order chi connectivity index (χ0) is 16.8. The number of hydrogen-bond donors (Lipinski definition) is 2. The van der Waals surface area contributed by atoms with E-state index in [0.29, 0.717) is 18.7 Å². The Hall–Kier alpha value is -3.16. The summed E-state index contributed by atoms with van der Waals surface area (Å²) in [6.45, 7) is 1.39. The summed E-state index contributed by atoms with van der Waals surface area (Å²) in [5.74, 6) is 0.280. The molecule has 0 radical (unpaired) electrons. The van der Waals surface area contributed by atoms with Gasteiger partial charge in [-0.1, -0.05) is 30.3 Å². The highest BCUT2D eigenvalue weighted by atomic mass is 16.3. The van der Waals surface area contributed by atoms with Crippen LogP contribution in [0.3, 0.4) is 0 Å². The van der Waals surface area contributed by atoms with Crippen LogP contribution in [0.4, 0.5) is 0 Å². The van der Waals surface area contributed by atoms with Crippen LogP contribution in [0.5, 0.6) is 5.75 Å². The van der Waals surface area contributed by atoms with Gasteiger partial charge in [0.15, 0.2) is 0 Å².